The van der Waals surface area contributed by atoms with Gasteiger partial charge in [0.25, 0.3) is 0 Å². The highest BCUT2D eigenvalue weighted by Gasteiger charge is 2.02. The SMILES string of the molecule is O=Cc1cccc(Cl)c1C#CCCO. The fourth-order valence-corrected chi connectivity index (χ4v) is 1.21. The third kappa shape index (κ3) is 2.59. The molecule has 0 unspecified atom stereocenters. The highest BCUT2D eigenvalue weighted by molar-refractivity contribution is 6.32. The molecule has 0 fully saturated rings. The van der Waals surface area contributed by atoms with E-state index < -0.39 is 0 Å². The van der Waals surface area contributed by atoms with Gasteiger partial charge in [-0.25, -0.2) is 0 Å². The van der Waals surface area contributed by atoms with E-state index in [9.17, 15) is 4.79 Å². The van der Waals surface area contributed by atoms with E-state index in [4.69, 9.17) is 16.7 Å². The predicted octanol–water partition coefficient (Wildman–Crippen LogP) is 1.89. The van der Waals surface area contributed by atoms with Gasteiger partial charge in [0.1, 0.15) is 0 Å². The van der Waals surface area contributed by atoms with Crippen molar-refractivity contribution in [2.75, 3.05) is 6.61 Å². The molecule has 1 N–H and O–H groups in total. The molecular weight excluding hydrogens is 200 g/mol. The van der Waals surface area contributed by atoms with Crippen molar-refractivity contribution in [1.82, 2.24) is 0 Å². The van der Waals surface area contributed by atoms with Crippen LogP contribution in [0.1, 0.15) is 22.3 Å². The summed E-state index contributed by atoms with van der Waals surface area (Å²) in [7, 11) is 0. The van der Waals surface area contributed by atoms with Crippen LogP contribution in [-0.4, -0.2) is 18.0 Å². The first-order chi connectivity index (χ1) is 6.79. The molecule has 0 amide bonds. The van der Waals surface area contributed by atoms with Crippen LogP contribution in [0.3, 0.4) is 0 Å². The van der Waals surface area contributed by atoms with Crippen molar-refractivity contribution in [3.05, 3.63) is 34.3 Å². The van der Waals surface area contributed by atoms with Gasteiger partial charge in [0.05, 0.1) is 17.2 Å². The van der Waals surface area contributed by atoms with Gasteiger partial charge in [-0.05, 0) is 6.07 Å². The van der Waals surface area contributed by atoms with Crippen molar-refractivity contribution >= 4 is 17.9 Å². The van der Waals surface area contributed by atoms with Gasteiger partial charge in [-0.2, -0.15) is 0 Å². The Morgan fingerprint density at radius 1 is 1.50 bits per heavy atom. The second kappa shape index (κ2) is 5.43. The van der Waals surface area contributed by atoms with Crippen LogP contribution in [0.15, 0.2) is 18.2 Å². The summed E-state index contributed by atoms with van der Waals surface area (Å²) >= 11 is 5.86. The van der Waals surface area contributed by atoms with Gasteiger partial charge in [0, 0.05) is 12.0 Å². The molecule has 1 aromatic carbocycles. The lowest BCUT2D eigenvalue weighted by molar-refractivity contribution is 0.112. The molecule has 72 valence electrons. The van der Waals surface area contributed by atoms with Gasteiger partial charge in [0.15, 0.2) is 6.29 Å². The quantitative estimate of drug-likeness (QED) is 0.595. The van der Waals surface area contributed by atoms with Gasteiger partial charge in [0.2, 0.25) is 0 Å². The molecule has 0 spiro atoms. The molecule has 0 heterocycles. The Kier molecular flexibility index (Phi) is 4.18. The number of carbonyl (C=O) groups is 1. The van der Waals surface area contributed by atoms with Crippen molar-refractivity contribution in [1.29, 1.82) is 0 Å². The maximum Gasteiger partial charge on any atom is 0.151 e. The van der Waals surface area contributed by atoms with E-state index in [-0.39, 0.29) is 6.61 Å². The molecule has 0 bridgehead atoms. The van der Waals surface area contributed by atoms with Crippen LogP contribution < -0.4 is 0 Å². The fourth-order valence-electron chi connectivity index (χ4n) is 0.978. The van der Waals surface area contributed by atoms with Gasteiger partial charge in [-0.15, -0.1) is 0 Å². The Hall–Kier alpha value is -1.30. The molecule has 0 aromatic heterocycles. The lowest BCUT2D eigenvalue weighted by Crippen LogP contribution is -1.88. The zero-order valence-electron chi connectivity index (χ0n) is 7.46. The summed E-state index contributed by atoms with van der Waals surface area (Å²) in [5, 5.41) is 8.99. The normalized spacial score (nSPS) is 9.00. The molecule has 0 saturated carbocycles. The topological polar surface area (TPSA) is 37.3 Å². The van der Waals surface area contributed by atoms with Crippen LogP contribution >= 0.6 is 11.6 Å². The van der Waals surface area contributed by atoms with E-state index >= 15 is 0 Å². The van der Waals surface area contributed by atoms with E-state index in [0.717, 1.165) is 6.29 Å². The number of hydrogen-bond acceptors (Lipinski definition) is 2. The van der Waals surface area contributed by atoms with Crippen molar-refractivity contribution in [2.24, 2.45) is 0 Å². The zero-order valence-corrected chi connectivity index (χ0v) is 8.21. The standard InChI is InChI=1S/C11H9ClO2/c12-11-6-3-4-9(8-14)10(11)5-1-2-7-13/h3-4,6,8,13H,2,7H2. The molecule has 0 aliphatic heterocycles. The monoisotopic (exact) mass is 208 g/mol. The average molecular weight is 209 g/mol. The smallest absolute Gasteiger partial charge is 0.151 e. The molecule has 1 aromatic rings. The van der Waals surface area contributed by atoms with E-state index in [1.54, 1.807) is 18.2 Å². The zero-order chi connectivity index (χ0) is 10.4. The van der Waals surface area contributed by atoms with E-state index in [1.807, 2.05) is 0 Å². The van der Waals surface area contributed by atoms with Crippen molar-refractivity contribution in [3.63, 3.8) is 0 Å². The largest absolute Gasteiger partial charge is 0.395 e. The number of carbonyl (C=O) groups excluding carboxylic acids is 1. The van der Waals surface area contributed by atoms with Gasteiger partial charge in [-0.3, -0.25) is 4.79 Å². The Labute approximate surface area is 87.5 Å². The average Bonchev–Trinajstić information content (AvgIpc) is 2.20. The van der Waals surface area contributed by atoms with E-state index in [2.05, 4.69) is 11.8 Å². The lowest BCUT2D eigenvalue weighted by Gasteiger charge is -1.98. The summed E-state index contributed by atoms with van der Waals surface area (Å²) in [5.41, 5.74) is 1.00. The number of halogens is 1. The molecule has 3 heteroatoms. The van der Waals surface area contributed by atoms with Gasteiger partial charge >= 0.3 is 0 Å². The summed E-state index contributed by atoms with van der Waals surface area (Å²) in [4.78, 5) is 10.6. The Morgan fingerprint density at radius 3 is 2.93 bits per heavy atom. The third-order valence-electron chi connectivity index (χ3n) is 1.62. The highest BCUT2D eigenvalue weighted by Crippen LogP contribution is 2.17. The van der Waals surface area contributed by atoms with E-state index in [0.29, 0.717) is 22.6 Å². The minimum absolute atomic E-state index is 0.00781. The summed E-state index contributed by atoms with van der Waals surface area (Å²) in [6.07, 6.45) is 1.10. The van der Waals surface area contributed by atoms with Crippen LogP contribution in [0.25, 0.3) is 0 Å². The van der Waals surface area contributed by atoms with Crippen LogP contribution in [0, 0.1) is 11.8 Å². The first kappa shape index (κ1) is 10.8. The Balaban J connectivity index is 3.06. The highest BCUT2D eigenvalue weighted by atomic mass is 35.5. The second-order valence-corrected chi connectivity index (χ2v) is 3.00. The molecule has 0 radical (unpaired) electrons. The van der Waals surface area contributed by atoms with Crippen molar-refractivity contribution in [2.45, 2.75) is 6.42 Å². The molecule has 0 saturated heterocycles. The molecule has 2 nitrogen and oxygen atoms in total. The van der Waals surface area contributed by atoms with Crippen LogP contribution in [0.4, 0.5) is 0 Å². The number of aldehydes is 1. The van der Waals surface area contributed by atoms with Crippen LogP contribution in [-0.2, 0) is 0 Å². The number of benzene rings is 1. The molecule has 0 aliphatic rings. The molecule has 0 aliphatic carbocycles. The maximum atomic E-state index is 10.6. The minimum atomic E-state index is 0.00781. The van der Waals surface area contributed by atoms with Crippen molar-refractivity contribution in [3.8, 4) is 11.8 Å². The second-order valence-electron chi connectivity index (χ2n) is 2.60. The van der Waals surface area contributed by atoms with Gasteiger partial charge < -0.3 is 5.11 Å². The molecular formula is C11H9ClO2. The summed E-state index contributed by atoms with van der Waals surface area (Å²) < 4.78 is 0. The van der Waals surface area contributed by atoms with Crippen molar-refractivity contribution < 1.29 is 9.90 Å². The third-order valence-corrected chi connectivity index (χ3v) is 1.94. The first-order valence-electron chi connectivity index (χ1n) is 4.13. The fraction of sp³-hybridized carbons (Fsp3) is 0.182. The number of rotatable bonds is 2. The van der Waals surface area contributed by atoms with E-state index in [1.165, 1.54) is 0 Å². The lowest BCUT2D eigenvalue weighted by atomic mass is 10.1. The number of aliphatic hydroxyl groups is 1. The molecule has 0 atom stereocenters. The Morgan fingerprint density at radius 2 is 2.29 bits per heavy atom. The first-order valence-corrected chi connectivity index (χ1v) is 4.51. The van der Waals surface area contributed by atoms with Gasteiger partial charge in [-0.1, -0.05) is 35.6 Å². The maximum absolute atomic E-state index is 10.6. The van der Waals surface area contributed by atoms with Crippen LogP contribution in [0.2, 0.25) is 5.02 Å². The summed E-state index contributed by atoms with van der Waals surface area (Å²) in [6.45, 7) is 0.00781. The predicted molar refractivity (Wildman–Crippen MR) is 55.4 cm³/mol. The summed E-state index contributed by atoms with van der Waals surface area (Å²) in [5.74, 6) is 5.48. The minimum Gasteiger partial charge on any atom is -0.395 e. The number of hydrogen-bond donors (Lipinski definition) is 1. The summed E-state index contributed by atoms with van der Waals surface area (Å²) in [6, 6.07) is 5.03. The molecule has 14 heavy (non-hydrogen) atoms. The molecule has 1 rings (SSSR count). The van der Waals surface area contributed by atoms with Crippen LogP contribution in [0.5, 0.6) is 0 Å². The number of aliphatic hydroxyl groups excluding tert-OH is 1. The Bertz CT molecular complexity index is 388.